The van der Waals surface area contributed by atoms with E-state index in [1.165, 1.54) is 19.1 Å². The lowest BCUT2D eigenvalue weighted by molar-refractivity contribution is -0.136. The highest BCUT2D eigenvalue weighted by molar-refractivity contribution is 6.37. The van der Waals surface area contributed by atoms with Crippen LogP contribution in [0.4, 0.5) is 21.5 Å². The third kappa shape index (κ3) is 6.07. The second-order valence-corrected chi connectivity index (χ2v) is 8.96. The highest BCUT2D eigenvalue weighted by Gasteiger charge is 2.29. The number of hydrogen-bond acceptors (Lipinski definition) is 5. The minimum Gasteiger partial charge on any atom is -0.481 e. The van der Waals surface area contributed by atoms with Crippen LogP contribution >= 0.6 is 0 Å². The minimum absolute atomic E-state index is 0.0636. The van der Waals surface area contributed by atoms with E-state index in [9.17, 15) is 23.9 Å². The molecule has 4 N–H and O–H groups in total. The molecule has 1 heterocycles. The van der Waals surface area contributed by atoms with Gasteiger partial charge in [-0.3, -0.25) is 14.4 Å². The molecule has 3 aromatic carbocycles. The fourth-order valence-corrected chi connectivity index (χ4v) is 4.43. The number of carbonyl (C=O) groups is 3. The zero-order valence-electron chi connectivity index (χ0n) is 21.2. The average Bonchev–Trinajstić information content (AvgIpc) is 3.19. The van der Waals surface area contributed by atoms with Gasteiger partial charge in [0, 0.05) is 30.4 Å². The SMILES string of the molecule is CNCCCN(C(C)=O)c1ccc(NC(=C2C(=O)Nc3cc(F)ccc32)c2cccc(CC(=O)O)c2)cc1. The Kier molecular flexibility index (Phi) is 8.18. The summed E-state index contributed by atoms with van der Waals surface area (Å²) in [7, 11) is 1.86. The number of halogens is 1. The molecule has 196 valence electrons. The average molecular weight is 517 g/mol. The number of rotatable bonds is 10. The van der Waals surface area contributed by atoms with Gasteiger partial charge < -0.3 is 26.0 Å². The summed E-state index contributed by atoms with van der Waals surface area (Å²) < 4.78 is 13.8. The molecule has 0 bridgehead atoms. The highest BCUT2D eigenvalue weighted by Crippen LogP contribution is 2.38. The predicted octanol–water partition coefficient (Wildman–Crippen LogP) is 4.35. The Morgan fingerprint density at radius 2 is 1.82 bits per heavy atom. The van der Waals surface area contributed by atoms with Crippen molar-refractivity contribution in [1.82, 2.24) is 5.32 Å². The van der Waals surface area contributed by atoms with Crippen LogP contribution < -0.4 is 20.9 Å². The second kappa shape index (κ2) is 11.7. The number of amides is 2. The van der Waals surface area contributed by atoms with Crippen LogP contribution in [0.3, 0.4) is 0 Å². The van der Waals surface area contributed by atoms with E-state index in [0.717, 1.165) is 18.7 Å². The summed E-state index contributed by atoms with van der Waals surface area (Å²) in [6, 6.07) is 18.3. The van der Waals surface area contributed by atoms with E-state index in [1.54, 1.807) is 35.2 Å². The number of carboxylic acid groups (broad SMARTS) is 1. The van der Waals surface area contributed by atoms with E-state index in [0.29, 0.717) is 45.9 Å². The number of hydrogen-bond donors (Lipinski definition) is 4. The summed E-state index contributed by atoms with van der Waals surface area (Å²) in [6.45, 7) is 2.88. The van der Waals surface area contributed by atoms with Crippen LogP contribution in [0.5, 0.6) is 0 Å². The fraction of sp³-hybridized carbons (Fsp3) is 0.207. The first-order valence-corrected chi connectivity index (χ1v) is 12.2. The Morgan fingerprint density at radius 3 is 2.50 bits per heavy atom. The predicted molar refractivity (Wildman–Crippen MR) is 146 cm³/mol. The maximum atomic E-state index is 13.8. The maximum absolute atomic E-state index is 13.8. The summed E-state index contributed by atoms with van der Waals surface area (Å²) in [5, 5.41) is 18.4. The summed E-state index contributed by atoms with van der Waals surface area (Å²) in [6.07, 6.45) is 0.627. The number of aliphatic carboxylic acids is 1. The summed E-state index contributed by atoms with van der Waals surface area (Å²) in [5.41, 5.74) is 4.23. The maximum Gasteiger partial charge on any atom is 0.307 e. The minimum atomic E-state index is -0.968. The van der Waals surface area contributed by atoms with Crippen molar-refractivity contribution in [2.24, 2.45) is 0 Å². The zero-order chi connectivity index (χ0) is 27.2. The molecule has 2 amide bonds. The Bertz CT molecular complexity index is 1400. The Balaban J connectivity index is 1.74. The quantitative estimate of drug-likeness (QED) is 0.236. The van der Waals surface area contributed by atoms with Crippen molar-refractivity contribution in [3.05, 3.63) is 89.2 Å². The number of benzene rings is 3. The molecule has 0 aromatic heterocycles. The van der Waals surface area contributed by atoms with Crippen molar-refractivity contribution in [2.45, 2.75) is 19.8 Å². The van der Waals surface area contributed by atoms with Crippen molar-refractivity contribution in [3.8, 4) is 0 Å². The number of nitrogens with one attached hydrogen (secondary N) is 3. The fourth-order valence-electron chi connectivity index (χ4n) is 4.43. The van der Waals surface area contributed by atoms with E-state index in [2.05, 4.69) is 16.0 Å². The summed E-state index contributed by atoms with van der Waals surface area (Å²) in [5.74, 6) is -1.90. The number of carboxylic acids is 1. The third-order valence-electron chi connectivity index (χ3n) is 6.18. The molecule has 8 nitrogen and oxygen atoms in total. The van der Waals surface area contributed by atoms with Gasteiger partial charge in [-0.15, -0.1) is 0 Å². The molecule has 3 aromatic rings. The first kappa shape index (κ1) is 26.6. The molecular weight excluding hydrogens is 487 g/mol. The Hall–Kier alpha value is -4.50. The molecule has 1 aliphatic rings. The largest absolute Gasteiger partial charge is 0.481 e. The standard InChI is InChI=1S/C29H29FN4O4/c1-18(35)34(14-4-13-31-2)23-10-8-22(9-11-23)32-28(20-6-3-5-19(15-20)16-26(36)37)27-24-12-7-21(30)17-25(24)33-29(27)38/h3,5-12,15,17,31-32H,4,13-14,16H2,1-2H3,(H,33,38)(H,36,37). The number of fused-ring (bicyclic) bond motifs is 1. The molecule has 0 atom stereocenters. The van der Waals surface area contributed by atoms with E-state index in [4.69, 9.17) is 0 Å². The topological polar surface area (TPSA) is 111 Å². The van der Waals surface area contributed by atoms with Crippen LogP contribution in [0.15, 0.2) is 66.7 Å². The van der Waals surface area contributed by atoms with Crippen LogP contribution in [0.1, 0.15) is 30.0 Å². The molecule has 0 saturated heterocycles. The molecule has 1 aliphatic heterocycles. The van der Waals surface area contributed by atoms with E-state index in [1.807, 2.05) is 31.3 Å². The summed E-state index contributed by atoms with van der Waals surface area (Å²) in [4.78, 5) is 38.3. The van der Waals surface area contributed by atoms with Crippen molar-refractivity contribution >= 4 is 46.1 Å². The molecule has 9 heteroatoms. The molecule has 0 fully saturated rings. The molecule has 0 unspecified atom stereocenters. The number of anilines is 3. The van der Waals surface area contributed by atoms with Crippen LogP contribution in [0, 0.1) is 5.82 Å². The number of nitrogens with zero attached hydrogens (tertiary/aromatic N) is 1. The van der Waals surface area contributed by atoms with Gasteiger partial charge in [0.05, 0.1) is 23.4 Å². The van der Waals surface area contributed by atoms with Crippen molar-refractivity contribution in [1.29, 1.82) is 0 Å². The number of carbonyl (C=O) groups excluding carboxylic acids is 2. The van der Waals surface area contributed by atoms with Gasteiger partial charge in [0.15, 0.2) is 0 Å². The Labute approximate surface area is 220 Å². The molecule has 4 rings (SSSR count). The van der Waals surface area contributed by atoms with Gasteiger partial charge in [-0.25, -0.2) is 4.39 Å². The molecule has 0 radical (unpaired) electrons. The van der Waals surface area contributed by atoms with Gasteiger partial charge in [0.2, 0.25) is 5.91 Å². The lowest BCUT2D eigenvalue weighted by Gasteiger charge is -2.22. The van der Waals surface area contributed by atoms with Crippen molar-refractivity contribution < 1.29 is 23.9 Å². The van der Waals surface area contributed by atoms with E-state index >= 15 is 0 Å². The van der Waals surface area contributed by atoms with Crippen LogP contribution in [0.25, 0.3) is 11.3 Å². The van der Waals surface area contributed by atoms with Gasteiger partial charge in [-0.2, -0.15) is 0 Å². The third-order valence-corrected chi connectivity index (χ3v) is 6.18. The molecule has 0 aliphatic carbocycles. The zero-order valence-corrected chi connectivity index (χ0v) is 21.2. The second-order valence-electron chi connectivity index (χ2n) is 8.96. The lowest BCUT2D eigenvalue weighted by Crippen LogP contribution is -2.31. The van der Waals surface area contributed by atoms with Crippen LogP contribution in [-0.2, 0) is 20.8 Å². The normalized spacial score (nSPS) is 13.5. The van der Waals surface area contributed by atoms with Gasteiger partial charge >= 0.3 is 5.97 Å². The molecule has 38 heavy (non-hydrogen) atoms. The lowest BCUT2D eigenvalue weighted by atomic mass is 9.98. The smallest absolute Gasteiger partial charge is 0.307 e. The van der Waals surface area contributed by atoms with Crippen molar-refractivity contribution in [2.75, 3.05) is 35.7 Å². The molecular formula is C29H29FN4O4. The van der Waals surface area contributed by atoms with Gasteiger partial charge in [-0.05, 0) is 79.7 Å². The van der Waals surface area contributed by atoms with Crippen LogP contribution in [0.2, 0.25) is 0 Å². The first-order valence-electron chi connectivity index (χ1n) is 12.2. The van der Waals surface area contributed by atoms with E-state index in [-0.39, 0.29) is 12.3 Å². The van der Waals surface area contributed by atoms with Crippen molar-refractivity contribution in [3.63, 3.8) is 0 Å². The molecule has 0 saturated carbocycles. The van der Waals surface area contributed by atoms with Gasteiger partial charge in [0.25, 0.3) is 5.91 Å². The monoisotopic (exact) mass is 516 g/mol. The highest BCUT2D eigenvalue weighted by atomic mass is 19.1. The summed E-state index contributed by atoms with van der Waals surface area (Å²) >= 11 is 0. The molecule has 0 spiro atoms. The van der Waals surface area contributed by atoms with Gasteiger partial charge in [-0.1, -0.05) is 18.2 Å². The van der Waals surface area contributed by atoms with E-state index < -0.39 is 17.7 Å². The Morgan fingerprint density at radius 1 is 1.05 bits per heavy atom. The van der Waals surface area contributed by atoms with Crippen LogP contribution in [-0.4, -0.2) is 43.0 Å². The first-order chi connectivity index (χ1) is 18.3. The van der Waals surface area contributed by atoms with Gasteiger partial charge in [0.1, 0.15) is 5.82 Å².